The minimum Gasteiger partial charge on any atom is -0.465 e. The summed E-state index contributed by atoms with van der Waals surface area (Å²) < 4.78 is 31.3. The lowest BCUT2D eigenvalue weighted by Gasteiger charge is -2.04. The molecule has 0 spiro atoms. The van der Waals surface area contributed by atoms with Gasteiger partial charge in [-0.1, -0.05) is 24.3 Å². The SMILES string of the molecule is COC(=O)c1cccc(C)c1F.Cc1cccc(C(=O)Cc2ccnc(Cl)n2)c1F. The zero-order valence-corrected chi connectivity index (χ0v) is 17.3. The molecular formula is C22H19ClF2N2O3. The lowest BCUT2D eigenvalue weighted by molar-refractivity contribution is 0.0595. The molecule has 0 aliphatic rings. The summed E-state index contributed by atoms with van der Waals surface area (Å²) in [5.74, 6) is -1.96. The molecule has 0 aliphatic carbocycles. The third-order valence-corrected chi connectivity index (χ3v) is 4.30. The Bertz CT molecular complexity index is 1070. The van der Waals surface area contributed by atoms with E-state index in [1.165, 1.54) is 25.4 Å². The number of esters is 1. The van der Waals surface area contributed by atoms with Crippen LogP contribution in [0, 0.1) is 25.5 Å². The number of hydrogen-bond donors (Lipinski definition) is 0. The lowest BCUT2D eigenvalue weighted by Crippen LogP contribution is -2.08. The van der Waals surface area contributed by atoms with Crippen molar-refractivity contribution in [3.8, 4) is 0 Å². The molecule has 0 saturated carbocycles. The Labute approximate surface area is 177 Å². The summed E-state index contributed by atoms with van der Waals surface area (Å²) >= 11 is 5.62. The molecule has 1 aromatic heterocycles. The first-order valence-corrected chi connectivity index (χ1v) is 9.21. The number of ether oxygens (including phenoxy) is 1. The van der Waals surface area contributed by atoms with Crippen molar-refractivity contribution in [1.29, 1.82) is 0 Å². The monoisotopic (exact) mass is 432 g/mol. The molecule has 156 valence electrons. The van der Waals surface area contributed by atoms with E-state index in [1.807, 2.05) is 0 Å². The van der Waals surface area contributed by atoms with Crippen molar-refractivity contribution >= 4 is 23.4 Å². The van der Waals surface area contributed by atoms with E-state index in [0.717, 1.165) is 0 Å². The van der Waals surface area contributed by atoms with Gasteiger partial charge in [-0.15, -0.1) is 0 Å². The van der Waals surface area contributed by atoms with E-state index in [2.05, 4.69) is 14.7 Å². The van der Waals surface area contributed by atoms with Gasteiger partial charge in [0.1, 0.15) is 11.6 Å². The number of hydrogen-bond acceptors (Lipinski definition) is 5. The molecule has 30 heavy (non-hydrogen) atoms. The zero-order chi connectivity index (χ0) is 22.3. The number of carbonyl (C=O) groups is 2. The molecule has 0 saturated heterocycles. The van der Waals surface area contributed by atoms with Crippen molar-refractivity contribution < 1.29 is 23.1 Å². The highest BCUT2D eigenvalue weighted by Crippen LogP contribution is 2.15. The maximum absolute atomic E-state index is 13.8. The van der Waals surface area contributed by atoms with Crippen LogP contribution in [0.25, 0.3) is 0 Å². The van der Waals surface area contributed by atoms with Gasteiger partial charge in [0.15, 0.2) is 5.78 Å². The Morgan fingerprint density at radius 1 is 0.967 bits per heavy atom. The summed E-state index contributed by atoms with van der Waals surface area (Å²) in [4.78, 5) is 30.5. The van der Waals surface area contributed by atoms with Gasteiger partial charge in [-0.2, -0.15) is 0 Å². The largest absolute Gasteiger partial charge is 0.465 e. The van der Waals surface area contributed by atoms with Gasteiger partial charge in [-0.25, -0.2) is 23.5 Å². The van der Waals surface area contributed by atoms with Crippen LogP contribution in [-0.2, 0) is 11.2 Å². The highest BCUT2D eigenvalue weighted by Gasteiger charge is 2.14. The minimum atomic E-state index is -0.642. The van der Waals surface area contributed by atoms with Crippen molar-refractivity contribution in [3.05, 3.63) is 93.5 Å². The van der Waals surface area contributed by atoms with E-state index in [4.69, 9.17) is 11.6 Å². The smallest absolute Gasteiger partial charge is 0.340 e. The van der Waals surface area contributed by atoms with Crippen molar-refractivity contribution in [2.24, 2.45) is 0 Å². The first kappa shape index (κ1) is 23.1. The van der Waals surface area contributed by atoms with E-state index < -0.39 is 17.6 Å². The summed E-state index contributed by atoms with van der Waals surface area (Å²) in [6.45, 7) is 3.22. The van der Waals surface area contributed by atoms with Crippen LogP contribution in [0.3, 0.4) is 0 Å². The summed E-state index contributed by atoms with van der Waals surface area (Å²) in [6, 6.07) is 10.9. The maximum Gasteiger partial charge on any atom is 0.340 e. The normalized spacial score (nSPS) is 10.1. The third-order valence-electron chi connectivity index (χ3n) is 4.11. The highest BCUT2D eigenvalue weighted by molar-refractivity contribution is 6.28. The summed E-state index contributed by atoms with van der Waals surface area (Å²) in [5.41, 5.74) is 1.42. The van der Waals surface area contributed by atoms with Gasteiger partial charge in [0.05, 0.1) is 30.4 Å². The second-order valence-corrected chi connectivity index (χ2v) is 6.62. The molecule has 0 atom stereocenters. The number of benzene rings is 2. The van der Waals surface area contributed by atoms with Gasteiger partial charge in [-0.3, -0.25) is 4.79 Å². The highest BCUT2D eigenvalue weighted by atomic mass is 35.5. The Morgan fingerprint density at radius 2 is 1.53 bits per heavy atom. The Balaban J connectivity index is 0.000000232. The Hall–Kier alpha value is -3.19. The quantitative estimate of drug-likeness (QED) is 0.332. The van der Waals surface area contributed by atoms with Crippen LogP contribution < -0.4 is 0 Å². The van der Waals surface area contributed by atoms with Crippen LogP contribution in [0.5, 0.6) is 0 Å². The predicted octanol–water partition coefficient (Wildman–Crippen LogP) is 4.92. The first-order valence-electron chi connectivity index (χ1n) is 8.83. The number of halogens is 3. The number of ketones is 1. The van der Waals surface area contributed by atoms with Gasteiger partial charge < -0.3 is 4.74 Å². The second kappa shape index (κ2) is 10.5. The molecule has 8 heteroatoms. The summed E-state index contributed by atoms with van der Waals surface area (Å²) in [5, 5.41) is 0.0741. The van der Waals surface area contributed by atoms with Crippen LogP contribution in [0.2, 0.25) is 5.28 Å². The minimum absolute atomic E-state index is 0.00259. The third kappa shape index (κ3) is 5.90. The number of methoxy groups -OCH3 is 1. The van der Waals surface area contributed by atoms with Gasteiger partial charge in [0, 0.05) is 6.20 Å². The van der Waals surface area contributed by atoms with Crippen molar-refractivity contribution in [2.75, 3.05) is 7.11 Å². The summed E-state index contributed by atoms with van der Waals surface area (Å²) in [6.07, 6.45) is 1.47. The van der Waals surface area contributed by atoms with Crippen molar-refractivity contribution in [1.82, 2.24) is 9.97 Å². The fourth-order valence-corrected chi connectivity index (χ4v) is 2.67. The molecule has 5 nitrogen and oxygen atoms in total. The van der Waals surface area contributed by atoms with E-state index in [-0.39, 0.29) is 28.6 Å². The summed E-state index contributed by atoms with van der Waals surface area (Å²) in [7, 11) is 1.23. The fourth-order valence-electron chi connectivity index (χ4n) is 2.51. The number of nitrogens with zero attached hydrogens (tertiary/aromatic N) is 2. The van der Waals surface area contributed by atoms with Crippen LogP contribution >= 0.6 is 11.6 Å². The number of Topliss-reactive ketones (excluding diaryl/α,β-unsaturated/α-hetero) is 1. The standard InChI is InChI=1S/C13H10ClFN2O.C9H9FO2/c1-8-3-2-4-10(12(8)15)11(18)7-9-5-6-16-13(14)17-9;1-6-4-3-5-7(8(6)10)9(11)12-2/h2-6H,7H2,1H3;3-5H,1-2H3. The molecule has 3 aromatic rings. The lowest BCUT2D eigenvalue weighted by atomic mass is 10.0. The molecule has 3 rings (SSSR count). The molecule has 1 heterocycles. The van der Waals surface area contributed by atoms with Crippen LogP contribution in [0.4, 0.5) is 8.78 Å². The van der Waals surface area contributed by atoms with E-state index >= 15 is 0 Å². The molecule has 0 N–H and O–H groups in total. The Morgan fingerprint density at radius 3 is 2.10 bits per heavy atom. The topological polar surface area (TPSA) is 69.2 Å². The number of aryl methyl sites for hydroxylation is 2. The Kier molecular flexibility index (Phi) is 8.12. The van der Waals surface area contributed by atoms with Crippen LogP contribution in [0.15, 0.2) is 48.7 Å². The molecule has 0 aliphatic heterocycles. The average molecular weight is 433 g/mol. The van der Waals surface area contributed by atoms with E-state index in [9.17, 15) is 18.4 Å². The zero-order valence-electron chi connectivity index (χ0n) is 16.6. The molecule has 0 unspecified atom stereocenters. The predicted molar refractivity (Wildman–Crippen MR) is 109 cm³/mol. The first-order chi connectivity index (χ1) is 14.2. The van der Waals surface area contributed by atoms with Gasteiger partial charge in [0.25, 0.3) is 0 Å². The van der Waals surface area contributed by atoms with E-state index in [1.54, 1.807) is 44.2 Å². The number of carbonyl (C=O) groups excluding carboxylic acids is 2. The maximum atomic E-state index is 13.8. The number of rotatable bonds is 4. The van der Waals surface area contributed by atoms with Crippen molar-refractivity contribution in [2.45, 2.75) is 20.3 Å². The van der Waals surface area contributed by atoms with Gasteiger partial charge >= 0.3 is 5.97 Å². The van der Waals surface area contributed by atoms with Gasteiger partial charge in [-0.05, 0) is 54.8 Å². The fraction of sp³-hybridized carbons (Fsp3) is 0.182. The molecule has 0 fully saturated rings. The van der Waals surface area contributed by atoms with E-state index in [0.29, 0.717) is 16.8 Å². The second-order valence-electron chi connectivity index (χ2n) is 6.28. The molecule has 0 amide bonds. The van der Waals surface area contributed by atoms with Crippen LogP contribution in [-0.4, -0.2) is 28.8 Å². The molecule has 2 aromatic carbocycles. The molecule has 0 bridgehead atoms. The molecular weight excluding hydrogens is 414 g/mol. The average Bonchev–Trinajstić information content (AvgIpc) is 2.72. The number of aromatic nitrogens is 2. The molecule has 0 radical (unpaired) electrons. The van der Waals surface area contributed by atoms with Crippen LogP contribution in [0.1, 0.15) is 37.5 Å². The van der Waals surface area contributed by atoms with Crippen molar-refractivity contribution in [3.63, 3.8) is 0 Å². The van der Waals surface area contributed by atoms with Gasteiger partial charge in [0.2, 0.25) is 5.28 Å².